The van der Waals surface area contributed by atoms with Gasteiger partial charge in [0.2, 0.25) is 0 Å². The number of fused-ring (bicyclic) bond motifs is 1. The van der Waals surface area contributed by atoms with E-state index in [9.17, 15) is 5.26 Å². The van der Waals surface area contributed by atoms with Gasteiger partial charge in [-0.2, -0.15) is 5.26 Å². The van der Waals surface area contributed by atoms with Crippen LogP contribution >= 0.6 is 0 Å². The van der Waals surface area contributed by atoms with Gasteiger partial charge in [-0.15, -0.1) is 0 Å². The highest BCUT2D eigenvalue weighted by molar-refractivity contribution is 5.45. The van der Waals surface area contributed by atoms with Gasteiger partial charge in [-0.05, 0) is 25.3 Å². The molecule has 3 heteroatoms. The SMILES string of the molecule is COCCCCC1(C#N)CCOc2ccccc21. The molecule has 0 saturated heterocycles. The Hall–Kier alpha value is -1.53. The largest absolute Gasteiger partial charge is 0.493 e. The highest BCUT2D eigenvalue weighted by Gasteiger charge is 2.37. The summed E-state index contributed by atoms with van der Waals surface area (Å²) in [5.41, 5.74) is 0.680. The second-order valence-corrected chi connectivity index (χ2v) is 4.74. The molecule has 0 fully saturated rings. The van der Waals surface area contributed by atoms with E-state index in [1.54, 1.807) is 7.11 Å². The van der Waals surface area contributed by atoms with Gasteiger partial charge in [-0.25, -0.2) is 0 Å². The third-order valence-electron chi connectivity index (χ3n) is 3.61. The van der Waals surface area contributed by atoms with Crippen molar-refractivity contribution in [2.75, 3.05) is 20.3 Å². The van der Waals surface area contributed by atoms with E-state index in [0.717, 1.165) is 43.6 Å². The van der Waals surface area contributed by atoms with Crippen LogP contribution in [0.3, 0.4) is 0 Å². The molecule has 0 bridgehead atoms. The number of nitrogens with zero attached hydrogens (tertiary/aromatic N) is 1. The minimum Gasteiger partial charge on any atom is -0.493 e. The lowest BCUT2D eigenvalue weighted by Gasteiger charge is -2.33. The Balaban J connectivity index is 2.15. The highest BCUT2D eigenvalue weighted by atomic mass is 16.5. The van der Waals surface area contributed by atoms with E-state index < -0.39 is 0 Å². The van der Waals surface area contributed by atoms with E-state index in [1.807, 2.05) is 24.3 Å². The molecule has 0 aliphatic carbocycles. The minimum atomic E-state index is -0.372. The molecule has 1 aliphatic rings. The summed E-state index contributed by atoms with van der Waals surface area (Å²) in [4.78, 5) is 0. The summed E-state index contributed by atoms with van der Waals surface area (Å²) < 4.78 is 10.7. The molecule has 3 nitrogen and oxygen atoms in total. The fourth-order valence-corrected chi connectivity index (χ4v) is 2.56. The Kier molecular flexibility index (Phi) is 4.22. The van der Waals surface area contributed by atoms with E-state index in [2.05, 4.69) is 6.07 Å². The number of para-hydroxylation sites is 1. The summed E-state index contributed by atoms with van der Waals surface area (Å²) >= 11 is 0. The summed E-state index contributed by atoms with van der Waals surface area (Å²) in [6.07, 6.45) is 3.68. The predicted molar refractivity (Wildman–Crippen MR) is 69.6 cm³/mol. The molecule has 1 aromatic rings. The lowest BCUT2D eigenvalue weighted by molar-refractivity contribution is 0.185. The predicted octanol–water partition coefficient (Wildman–Crippen LogP) is 3.05. The van der Waals surface area contributed by atoms with Crippen LogP contribution in [0, 0.1) is 11.3 Å². The molecule has 0 radical (unpaired) electrons. The maximum absolute atomic E-state index is 9.61. The maximum atomic E-state index is 9.61. The van der Waals surface area contributed by atoms with E-state index in [4.69, 9.17) is 9.47 Å². The summed E-state index contributed by atoms with van der Waals surface area (Å²) in [5.74, 6) is 0.872. The lowest BCUT2D eigenvalue weighted by Crippen LogP contribution is -2.31. The van der Waals surface area contributed by atoms with Gasteiger partial charge in [0.1, 0.15) is 5.75 Å². The first kappa shape index (κ1) is 12.9. The highest BCUT2D eigenvalue weighted by Crippen LogP contribution is 2.41. The van der Waals surface area contributed by atoms with Crippen molar-refractivity contribution in [2.45, 2.75) is 31.1 Å². The summed E-state index contributed by atoms with van der Waals surface area (Å²) in [5, 5.41) is 9.61. The number of benzene rings is 1. The van der Waals surface area contributed by atoms with Crippen molar-refractivity contribution in [3.8, 4) is 11.8 Å². The molecular weight excluding hydrogens is 226 g/mol. The average Bonchev–Trinajstić information content (AvgIpc) is 2.44. The zero-order chi connectivity index (χ0) is 12.8. The first-order valence-corrected chi connectivity index (χ1v) is 6.45. The van der Waals surface area contributed by atoms with Gasteiger partial charge in [0.05, 0.1) is 18.1 Å². The molecule has 0 saturated carbocycles. The van der Waals surface area contributed by atoms with Gasteiger partial charge in [0.15, 0.2) is 0 Å². The van der Waals surface area contributed by atoms with Crippen molar-refractivity contribution < 1.29 is 9.47 Å². The number of methoxy groups -OCH3 is 1. The van der Waals surface area contributed by atoms with Crippen LogP contribution in [0.5, 0.6) is 5.75 Å². The fourth-order valence-electron chi connectivity index (χ4n) is 2.56. The number of nitriles is 1. The van der Waals surface area contributed by atoms with Crippen LogP contribution in [-0.2, 0) is 10.2 Å². The molecule has 0 N–H and O–H groups in total. The third kappa shape index (κ3) is 2.49. The van der Waals surface area contributed by atoms with Gasteiger partial charge >= 0.3 is 0 Å². The molecule has 1 aromatic carbocycles. The normalized spacial score (nSPS) is 21.8. The van der Waals surface area contributed by atoms with Gasteiger partial charge in [0.25, 0.3) is 0 Å². The number of hydrogen-bond acceptors (Lipinski definition) is 3. The molecular formula is C15H19NO2. The van der Waals surface area contributed by atoms with Crippen LogP contribution in [0.2, 0.25) is 0 Å². The fraction of sp³-hybridized carbons (Fsp3) is 0.533. The molecule has 1 unspecified atom stereocenters. The van der Waals surface area contributed by atoms with Crippen molar-refractivity contribution in [1.29, 1.82) is 5.26 Å². The molecule has 0 aromatic heterocycles. The summed E-state index contributed by atoms with van der Waals surface area (Å²) in [6, 6.07) is 10.4. The Bertz CT molecular complexity index is 438. The second kappa shape index (κ2) is 5.88. The summed E-state index contributed by atoms with van der Waals surface area (Å²) in [7, 11) is 1.71. The van der Waals surface area contributed by atoms with Crippen molar-refractivity contribution in [3.63, 3.8) is 0 Å². The first-order chi connectivity index (χ1) is 8.82. The van der Waals surface area contributed by atoms with Gasteiger partial charge in [-0.1, -0.05) is 18.2 Å². The van der Waals surface area contributed by atoms with Crippen LogP contribution in [0.1, 0.15) is 31.2 Å². The number of unbranched alkanes of at least 4 members (excludes halogenated alkanes) is 1. The number of rotatable bonds is 5. The molecule has 2 rings (SSSR count). The quantitative estimate of drug-likeness (QED) is 0.749. The molecule has 1 aliphatic heterocycles. The van der Waals surface area contributed by atoms with Crippen LogP contribution in [0.25, 0.3) is 0 Å². The lowest BCUT2D eigenvalue weighted by atomic mass is 9.74. The van der Waals surface area contributed by atoms with Crippen LogP contribution in [0.4, 0.5) is 0 Å². The van der Waals surface area contributed by atoms with Gasteiger partial charge in [0, 0.05) is 25.7 Å². The minimum absolute atomic E-state index is 0.372. The van der Waals surface area contributed by atoms with Crippen molar-refractivity contribution in [2.24, 2.45) is 0 Å². The molecule has 0 spiro atoms. The summed E-state index contributed by atoms with van der Waals surface area (Å²) in [6.45, 7) is 1.40. The maximum Gasteiger partial charge on any atom is 0.124 e. The average molecular weight is 245 g/mol. The topological polar surface area (TPSA) is 42.2 Å². The Labute approximate surface area is 108 Å². The van der Waals surface area contributed by atoms with E-state index in [1.165, 1.54) is 0 Å². The zero-order valence-corrected chi connectivity index (χ0v) is 10.8. The molecule has 18 heavy (non-hydrogen) atoms. The van der Waals surface area contributed by atoms with E-state index >= 15 is 0 Å². The number of ether oxygens (including phenoxy) is 2. The van der Waals surface area contributed by atoms with E-state index in [-0.39, 0.29) is 5.41 Å². The Morgan fingerprint density at radius 3 is 3.00 bits per heavy atom. The van der Waals surface area contributed by atoms with Gasteiger partial charge in [-0.3, -0.25) is 0 Å². The molecule has 96 valence electrons. The second-order valence-electron chi connectivity index (χ2n) is 4.74. The Morgan fingerprint density at radius 1 is 1.39 bits per heavy atom. The van der Waals surface area contributed by atoms with E-state index in [0.29, 0.717) is 6.61 Å². The van der Waals surface area contributed by atoms with Gasteiger partial charge < -0.3 is 9.47 Å². The molecule has 0 amide bonds. The molecule has 1 atom stereocenters. The van der Waals surface area contributed by atoms with Crippen LogP contribution < -0.4 is 4.74 Å². The smallest absolute Gasteiger partial charge is 0.124 e. The van der Waals surface area contributed by atoms with Crippen LogP contribution in [0.15, 0.2) is 24.3 Å². The van der Waals surface area contributed by atoms with Crippen molar-refractivity contribution in [3.05, 3.63) is 29.8 Å². The Morgan fingerprint density at radius 2 is 2.22 bits per heavy atom. The monoisotopic (exact) mass is 245 g/mol. The van der Waals surface area contributed by atoms with Crippen molar-refractivity contribution in [1.82, 2.24) is 0 Å². The number of hydrogen-bond donors (Lipinski definition) is 0. The van der Waals surface area contributed by atoms with Crippen molar-refractivity contribution >= 4 is 0 Å². The standard InChI is InChI=1S/C15H19NO2/c1-17-10-5-4-8-15(12-16)9-11-18-14-7-3-2-6-13(14)15/h2-3,6-7H,4-5,8-11H2,1H3. The van der Waals surface area contributed by atoms with Crippen LogP contribution in [-0.4, -0.2) is 20.3 Å². The first-order valence-electron chi connectivity index (χ1n) is 6.45. The molecule has 1 heterocycles. The zero-order valence-electron chi connectivity index (χ0n) is 10.8. The third-order valence-corrected chi connectivity index (χ3v) is 3.61.